The van der Waals surface area contributed by atoms with Gasteiger partial charge in [-0.1, -0.05) is 0 Å². The van der Waals surface area contributed by atoms with Gasteiger partial charge in [0.2, 0.25) is 0 Å². The van der Waals surface area contributed by atoms with Crippen molar-refractivity contribution < 1.29 is 9.53 Å². The van der Waals surface area contributed by atoms with Gasteiger partial charge in [0, 0.05) is 19.3 Å². The molecule has 0 aliphatic rings. The lowest BCUT2D eigenvalue weighted by Gasteiger charge is -2.11. The van der Waals surface area contributed by atoms with Crippen LogP contribution >= 0.6 is 22.6 Å². The smallest absolute Gasteiger partial charge is 0.269 e. The third-order valence-electron chi connectivity index (χ3n) is 2.61. The standard InChI is InChI=1S/C14H11IN4O2/c1-18-14(20)12-6-9(2-3-19-12)21-13-10(15)4-8(7-16)5-11(13)17/h2-6H,17H2,1H3,(H,18,20). The van der Waals surface area contributed by atoms with Crippen LogP contribution in [-0.4, -0.2) is 17.9 Å². The van der Waals surface area contributed by atoms with Gasteiger partial charge in [0.05, 0.1) is 20.9 Å². The maximum Gasteiger partial charge on any atom is 0.269 e. The minimum atomic E-state index is -0.303. The van der Waals surface area contributed by atoms with Crippen molar-refractivity contribution >= 4 is 34.2 Å². The summed E-state index contributed by atoms with van der Waals surface area (Å²) in [6.45, 7) is 0. The van der Waals surface area contributed by atoms with Gasteiger partial charge in [0.15, 0.2) is 5.75 Å². The van der Waals surface area contributed by atoms with Crippen LogP contribution in [0.1, 0.15) is 16.1 Å². The highest BCUT2D eigenvalue weighted by Gasteiger charge is 2.12. The maximum atomic E-state index is 11.5. The number of halogens is 1. The molecule has 2 aromatic rings. The van der Waals surface area contributed by atoms with E-state index in [1.807, 2.05) is 28.7 Å². The summed E-state index contributed by atoms with van der Waals surface area (Å²) in [7, 11) is 1.53. The van der Waals surface area contributed by atoms with E-state index in [-0.39, 0.29) is 11.6 Å². The van der Waals surface area contributed by atoms with Gasteiger partial charge in [-0.15, -0.1) is 0 Å². The largest absolute Gasteiger partial charge is 0.454 e. The number of aromatic nitrogens is 1. The number of nitrogens with one attached hydrogen (secondary N) is 1. The van der Waals surface area contributed by atoms with E-state index in [4.69, 9.17) is 15.7 Å². The Morgan fingerprint density at radius 2 is 2.24 bits per heavy atom. The molecule has 0 spiro atoms. The zero-order chi connectivity index (χ0) is 15.4. The van der Waals surface area contributed by atoms with Crippen molar-refractivity contribution in [2.45, 2.75) is 0 Å². The predicted molar refractivity (Wildman–Crippen MR) is 86.0 cm³/mol. The lowest BCUT2D eigenvalue weighted by Crippen LogP contribution is -2.19. The predicted octanol–water partition coefficient (Wildman–Crippen LogP) is 2.29. The molecular formula is C14H11IN4O2. The number of hydrogen-bond acceptors (Lipinski definition) is 5. The molecule has 0 atom stereocenters. The van der Waals surface area contributed by atoms with E-state index in [0.29, 0.717) is 26.3 Å². The number of ether oxygens (including phenoxy) is 1. The molecule has 0 unspecified atom stereocenters. The third kappa shape index (κ3) is 3.41. The Bertz CT molecular complexity index is 717. The van der Waals surface area contributed by atoms with E-state index in [0.717, 1.165) is 0 Å². The summed E-state index contributed by atoms with van der Waals surface area (Å²) in [4.78, 5) is 15.5. The molecular weight excluding hydrogens is 383 g/mol. The highest BCUT2D eigenvalue weighted by atomic mass is 127. The molecule has 106 valence electrons. The summed E-state index contributed by atoms with van der Waals surface area (Å²) < 4.78 is 6.42. The van der Waals surface area contributed by atoms with Gasteiger partial charge in [-0.3, -0.25) is 9.78 Å². The topological polar surface area (TPSA) is 101 Å². The molecule has 1 amide bonds. The number of amides is 1. The minimum absolute atomic E-state index is 0.247. The summed E-state index contributed by atoms with van der Waals surface area (Å²) in [5.74, 6) is 0.588. The highest BCUT2D eigenvalue weighted by molar-refractivity contribution is 14.1. The van der Waals surface area contributed by atoms with Crippen molar-refractivity contribution in [2.24, 2.45) is 0 Å². The number of rotatable bonds is 3. The van der Waals surface area contributed by atoms with E-state index >= 15 is 0 Å². The minimum Gasteiger partial charge on any atom is -0.454 e. The number of nitrogen functional groups attached to an aromatic ring is 1. The second-order valence-corrected chi connectivity index (χ2v) is 5.21. The molecule has 1 aromatic carbocycles. The van der Waals surface area contributed by atoms with Gasteiger partial charge in [0.25, 0.3) is 5.91 Å². The van der Waals surface area contributed by atoms with Crippen molar-refractivity contribution in [3.63, 3.8) is 0 Å². The van der Waals surface area contributed by atoms with Crippen LogP contribution in [0.15, 0.2) is 30.5 Å². The zero-order valence-corrected chi connectivity index (χ0v) is 13.2. The van der Waals surface area contributed by atoms with Gasteiger partial charge < -0.3 is 15.8 Å². The number of carbonyl (C=O) groups excluding carboxylic acids is 1. The Labute approximate surface area is 135 Å². The average Bonchev–Trinajstić information content (AvgIpc) is 2.50. The molecule has 0 aliphatic carbocycles. The van der Waals surface area contributed by atoms with Gasteiger partial charge in [-0.25, -0.2) is 0 Å². The molecule has 0 bridgehead atoms. The molecule has 0 radical (unpaired) electrons. The lowest BCUT2D eigenvalue weighted by molar-refractivity contribution is 0.0958. The second kappa shape index (κ2) is 6.41. The van der Waals surface area contributed by atoms with Crippen molar-refractivity contribution in [1.82, 2.24) is 10.3 Å². The van der Waals surface area contributed by atoms with E-state index in [9.17, 15) is 4.79 Å². The number of nitriles is 1. The number of nitrogens with zero attached hydrogens (tertiary/aromatic N) is 2. The summed E-state index contributed by atoms with van der Waals surface area (Å²) in [6, 6.07) is 8.39. The van der Waals surface area contributed by atoms with Gasteiger partial charge in [-0.05, 0) is 40.8 Å². The van der Waals surface area contributed by atoms with Crippen LogP contribution in [0.25, 0.3) is 0 Å². The van der Waals surface area contributed by atoms with E-state index in [1.165, 1.54) is 19.3 Å². The van der Waals surface area contributed by atoms with E-state index in [2.05, 4.69) is 10.3 Å². The third-order valence-corrected chi connectivity index (χ3v) is 3.41. The molecule has 7 heteroatoms. The molecule has 1 aromatic heterocycles. The molecule has 21 heavy (non-hydrogen) atoms. The van der Waals surface area contributed by atoms with Crippen molar-refractivity contribution in [3.05, 3.63) is 45.3 Å². The highest BCUT2D eigenvalue weighted by Crippen LogP contribution is 2.33. The van der Waals surface area contributed by atoms with Crippen LogP contribution in [0, 0.1) is 14.9 Å². The first-order chi connectivity index (χ1) is 10.0. The Morgan fingerprint density at radius 3 is 2.86 bits per heavy atom. The van der Waals surface area contributed by atoms with Crippen molar-refractivity contribution in [2.75, 3.05) is 12.8 Å². The summed E-state index contributed by atoms with van der Waals surface area (Å²) in [5.41, 5.74) is 6.96. The fourth-order valence-corrected chi connectivity index (χ4v) is 2.39. The maximum absolute atomic E-state index is 11.5. The normalized spacial score (nSPS) is 9.76. The quantitative estimate of drug-likeness (QED) is 0.615. The fraction of sp³-hybridized carbons (Fsp3) is 0.0714. The van der Waals surface area contributed by atoms with Crippen molar-refractivity contribution in [1.29, 1.82) is 5.26 Å². The zero-order valence-electron chi connectivity index (χ0n) is 11.1. The van der Waals surface area contributed by atoms with Crippen LogP contribution in [0.3, 0.4) is 0 Å². The number of hydrogen-bond donors (Lipinski definition) is 2. The Hall–Kier alpha value is -2.34. The Balaban J connectivity index is 2.35. The number of anilines is 1. The van der Waals surface area contributed by atoms with Gasteiger partial charge in [0.1, 0.15) is 11.4 Å². The SMILES string of the molecule is CNC(=O)c1cc(Oc2c(N)cc(C#N)cc2I)ccn1. The van der Waals surface area contributed by atoms with Gasteiger partial charge >= 0.3 is 0 Å². The first-order valence-electron chi connectivity index (χ1n) is 5.90. The number of nitrogens with two attached hydrogens (primary N) is 1. The number of pyridine rings is 1. The molecule has 0 saturated carbocycles. The second-order valence-electron chi connectivity index (χ2n) is 4.05. The van der Waals surface area contributed by atoms with Crippen LogP contribution < -0.4 is 15.8 Å². The van der Waals surface area contributed by atoms with Crippen LogP contribution in [-0.2, 0) is 0 Å². The van der Waals surface area contributed by atoms with Crippen LogP contribution in [0.2, 0.25) is 0 Å². The molecule has 0 aliphatic heterocycles. The molecule has 3 N–H and O–H groups in total. The van der Waals surface area contributed by atoms with Crippen molar-refractivity contribution in [3.8, 4) is 17.6 Å². The Kier molecular flexibility index (Phi) is 4.59. The lowest BCUT2D eigenvalue weighted by atomic mass is 10.2. The summed E-state index contributed by atoms with van der Waals surface area (Å²) >= 11 is 2.04. The Morgan fingerprint density at radius 1 is 1.48 bits per heavy atom. The first kappa shape index (κ1) is 15.1. The van der Waals surface area contributed by atoms with E-state index in [1.54, 1.807) is 18.2 Å². The monoisotopic (exact) mass is 394 g/mol. The number of benzene rings is 1. The summed E-state index contributed by atoms with van der Waals surface area (Å²) in [6.07, 6.45) is 1.48. The molecule has 0 fully saturated rings. The number of carbonyl (C=O) groups is 1. The van der Waals surface area contributed by atoms with Crippen LogP contribution in [0.5, 0.6) is 11.5 Å². The van der Waals surface area contributed by atoms with Crippen LogP contribution in [0.4, 0.5) is 5.69 Å². The molecule has 1 heterocycles. The fourth-order valence-electron chi connectivity index (χ4n) is 1.63. The van der Waals surface area contributed by atoms with E-state index < -0.39 is 0 Å². The first-order valence-corrected chi connectivity index (χ1v) is 6.98. The summed E-state index contributed by atoms with van der Waals surface area (Å²) in [5, 5.41) is 11.4. The van der Waals surface area contributed by atoms with Gasteiger partial charge in [-0.2, -0.15) is 5.26 Å². The molecule has 2 rings (SSSR count). The average molecular weight is 394 g/mol. The molecule has 0 saturated heterocycles. The molecule has 6 nitrogen and oxygen atoms in total.